The number of alkyl halides is 3. The van der Waals surface area contributed by atoms with E-state index in [9.17, 15) is 35.6 Å². The number of aryl methyl sites for hydroxylation is 1. The molecule has 0 radical (unpaired) electrons. The van der Waals surface area contributed by atoms with Gasteiger partial charge in [0.25, 0.3) is 0 Å². The fourth-order valence-corrected chi connectivity index (χ4v) is 4.79. The summed E-state index contributed by atoms with van der Waals surface area (Å²) in [5.41, 5.74) is 0.447. The molecule has 1 unspecified atom stereocenters. The van der Waals surface area contributed by atoms with E-state index in [1.807, 2.05) is 6.07 Å². The third kappa shape index (κ3) is 4.40. The maximum atomic E-state index is 14.8. The first-order valence-electron chi connectivity index (χ1n) is 10.2. The lowest BCUT2D eigenvalue weighted by atomic mass is 10.1. The minimum atomic E-state index is -4.80. The molecular weight excluding hydrogens is 505 g/mol. The van der Waals surface area contributed by atoms with Gasteiger partial charge in [0.2, 0.25) is 10.0 Å². The molecule has 0 amide bonds. The summed E-state index contributed by atoms with van der Waals surface area (Å²) in [6, 6.07) is 5.68. The van der Waals surface area contributed by atoms with Crippen LogP contribution in [-0.4, -0.2) is 35.2 Å². The van der Waals surface area contributed by atoms with Gasteiger partial charge < -0.3 is 4.57 Å². The monoisotopic (exact) mass is 521 g/mol. The Kier molecular flexibility index (Phi) is 6.27. The molecule has 4 rings (SSSR count). The van der Waals surface area contributed by atoms with Gasteiger partial charge >= 0.3 is 6.18 Å². The molecule has 0 saturated heterocycles. The third-order valence-corrected chi connectivity index (χ3v) is 6.99. The molecule has 0 spiro atoms. The zero-order chi connectivity index (χ0) is 26.4. The third-order valence-electron chi connectivity index (χ3n) is 5.46. The van der Waals surface area contributed by atoms with Gasteiger partial charge in [-0.15, -0.1) is 0 Å². The number of rotatable bonds is 5. The van der Waals surface area contributed by atoms with Gasteiger partial charge in [0.05, 0.1) is 34.4 Å². The number of fused-ring (bicyclic) bond motifs is 1. The molecule has 4 aromatic rings. The lowest BCUT2D eigenvalue weighted by molar-refractivity contribution is -0.147. The first kappa shape index (κ1) is 25.2. The fraction of sp³-hybridized carbons (Fsp3) is 0.174. The molecule has 1 N–H and O–H groups in total. The van der Waals surface area contributed by atoms with Crippen LogP contribution in [0.1, 0.15) is 18.1 Å². The van der Waals surface area contributed by atoms with Crippen molar-refractivity contribution in [3.63, 3.8) is 0 Å². The topological polar surface area (TPSA) is 101 Å². The fourth-order valence-electron chi connectivity index (χ4n) is 3.61. The highest BCUT2D eigenvalue weighted by atomic mass is 32.2. The maximum absolute atomic E-state index is 14.8. The number of hydrogen-bond donors (Lipinski definition) is 1. The van der Waals surface area contributed by atoms with Crippen molar-refractivity contribution in [1.29, 1.82) is 5.26 Å². The minimum Gasteiger partial charge on any atom is -0.304 e. The number of benzene rings is 1. The summed E-state index contributed by atoms with van der Waals surface area (Å²) >= 11 is 0. The summed E-state index contributed by atoms with van der Waals surface area (Å²) in [6.07, 6.45) is -1.72. The second-order valence-corrected chi connectivity index (χ2v) is 9.59. The number of hydrogen-bond acceptors (Lipinski definition) is 5. The molecule has 1 atom stereocenters. The summed E-state index contributed by atoms with van der Waals surface area (Å²) in [5.74, 6) is -1.36. The van der Waals surface area contributed by atoms with Crippen LogP contribution in [0.3, 0.4) is 0 Å². The van der Waals surface area contributed by atoms with Gasteiger partial charge in [0.15, 0.2) is 5.82 Å². The minimum absolute atomic E-state index is 0.000145. The second-order valence-electron chi connectivity index (χ2n) is 7.88. The van der Waals surface area contributed by atoms with Gasteiger partial charge in [-0.3, -0.25) is 9.97 Å². The van der Waals surface area contributed by atoms with Gasteiger partial charge in [0, 0.05) is 17.8 Å². The molecule has 0 bridgehead atoms. The quantitative estimate of drug-likeness (QED) is 0.381. The summed E-state index contributed by atoms with van der Waals surface area (Å²) in [5, 5.41) is 10.1. The molecule has 0 saturated carbocycles. The highest BCUT2D eigenvalue weighted by molar-refractivity contribution is 7.89. The van der Waals surface area contributed by atoms with E-state index in [1.54, 1.807) is 0 Å². The number of nitrogens with zero attached hydrogens (tertiary/aromatic N) is 4. The molecule has 0 aliphatic heterocycles. The zero-order valence-electron chi connectivity index (χ0n) is 18.6. The molecule has 186 valence electrons. The Morgan fingerprint density at radius 2 is 1.83 bits per heavy atom. The summed E-state index contributed by atoms with van der Waals surface area (Å²) in [7, 11) is -4.58. The Bertz CT molecular complexity index is 1620. The van der Waals surface area contributed by atoms with Gasteiger partial charge in [0.1, 0.15) is 22.8 Å². The molecule has 1 aromatic carbocycles. The van der Waals surface area contributed by atoms with E-state index in [-0.39, 0.29) is 39.1 Å². The Balaban J connectivity index is 1.93. The van der Waals surface area contributed by atoms with Crippen molar-refractivity contribution in [2.45, 2.75) is 31.0 Å². The van der Waals surface area contributed by atoms with Crippen LogP contribution in [0.25, 0.3) is 28.0 Å². The average Bonchev–Trinajstić information content (AvgIpc) is 3.11. The van der Waals surface area contributed by atoms with Crippen LogP contribution < -0.4 is 4.72 Å². The molecule has 36 heavy (non-hydrogen) atoms. The maximum Gasteiger partial charge on any atom is 0.404 e. The average molecular weight is 521 g/mol. The largest absolute Gasteiger partial charge is 0.404 e. The first-order valence-corrected chi connectivity index (χ1v) is 11.7. The number of pyridine rings is 2. The summed E-state index contributed by atoms with van der Waals surface area (Å²) < 4.78 is 95.3. The van der Waals surface area contributed by atoms with Crippen LogP contribution in [0, 0.1) is 29.9 Å². The van der Waals surface area contributed by atoms with Crippen molar-refractivity contribution in [3.05, 3.63) is 71.7 Å². The highest BCUT2D eigenvalue weighted by Gasteiger charge is 2.39. The van der Waals surface area contributed by atoms with Crippen LogP contribution in [0.2, 0.25) is 0 Å². The number of sulfonamides is 1. The van der Waals surface area contributed by atoms with Crippen molar-refractivity contribution in [2.75, 3.05) is 0 Å². The van der Waals surface area contributed by atoms with Gasteiger partial charge in [-0.1, -0.05) is 0 Å². The number of halogens is 5. The predicted molar refractivity (Wildman–Crippen MR) is 120 cm³/mol. The standard InChI is InChI=1S/C23H16F5N5O2S/c1-12-7-21-15(8-17(12)24)16(9-29)22(33(21)20-5-6-30-11-18(20)25)19-4-3-14(10-31-19)36(34,35)32-13(2)23(26,27)28/h3-8,10-11,13,32H,1-2H3. The van der Waals surface area contributed by atoms with Crippen molar-refractivity contribution < 1.29 is 30.4 Å². The number of aromatic nitrogens is 3. The predicted octanol–water partition coefficient (Wildman–Crippen LogP) is 4.77. The van der Waals surface area contributed by atoms with E-state index in [0.29, 0.717) is 6.92 Å². The Labute approximate surface area is 201 Å². The first-order chi connectivity index (χ1) is 16.8. The van der Waals surface area contributed by atoms with E-state index < -0.39 is 38.8 Å². The summed E-state index contributed by atoms with van der Waals surface area (Å²) in [6.45, 7) is 2.15. The molecule has 3 aromatic heterocycles. The van der Waals surface area contributed by atoms with E-state index in [0.717, 1.165) is 24.5 Å². The van der Waals surface area contributed by atoms with Crippen LogP contribution in [0.4, 0.5) is 22.0 Å². The molecule has 3 heterocycles. The Morgan fingerprint density at radius 3 is 2.42 bits per heavy atom. The van der Waals surface area contributed by atoms with Crippen molar-refractivity contribution in [2.24, 2.45) is 0 Å². The van der Waals surface area contributed by atoms with Crippen molar-refractivity contribution in [3.8, 4) is 23.1 Å². The lowest BCUT2D eigenvalue weighted by Gasteiger charge is -2.17. The van der Waals surface area contributed by atoms with Crippen molar-refractivity contribution >= 4 is 20.9 Å². The Morgan fingerprint density at radius 1 is 1.11 bits per heavy atom. The van der Waals surface area contributed by atoms with E-state index in [1.165, 1.54) is 40.6 Å². The van der Waals surface area contributed by atoms with Crippen LogP contribution in [0.5, 0.6) is 0 Å². The van der Waals surface area contributed by atoms with Crippen molar-refractivity contribution in [1.82, 2.24) is 19.3 Å². The normalized spacial score (nSPS) is 13.1. The van der Waals surface area contributed by atoms with E-state index in [4.69, 9.17) is 0 Å². The lowest BCUT2D eigenvalue weighted by Crippen LogP contribution is -2.42. The van der Waals surface area contributed by atoms with E-state index in [2.05, 4.69) is 9.97 Å². The van der Waals surface area contributed by atoms with Crippen LogP contribution >= 0.6 is 0 Å². The van der Waals surface area contributed by atoms with Crippen LogP contribution in [-0.2, 0) is 10.0 Å². The summed E-state index contributed by atoms with van der Waals surface area (Å²) in [4.78, 5) is 7.20. The molecule has 7 nitrogen and oxygen atoms in total. The molecule has 0 fully saturated rings. The molecule has 0 aliphatic rings. The Hall–Kier alpha value is -3.89. The molecule has 13 heteroatoms. The SMILES string of the molecule is Cc1cc2c(cc1F)c(C#N)c(-c1ccc(S(=O)(=O)NC(C)C(F)(F)F)cn1)n2-c1ccncc1F. The molecular formula is C23H16F5N5O2S. The zero-order valence-corrected chi connectivity index (χ0v) is 19.4. The smallest absolute Gasteiger partial charge is 0.304 e. The van der Waals surface area contributed by atoms with E-state index >= 15 is 0 Å². The van der Waals surface area contributed by atoms with Gasteiger partial charge in [-0.2, -0.15) is 23.2 Å². The van der Waals surface area contributed by atoms with Gasteiger partial charge in [-0.05, 0) is 49.7 Å². The van der Waals surface area contributed by atoms with Gasteiger partial charge in [-0.25, -0.2) is 17.2 Å². The van der Waals surface area contributed by atoms with Crippen LogP contribution in [0.15, 0.2) is 53.8 Å². The number of nitrogens with one attached hydrogen (secondary N) is 1. The number of nitriles is 1. The molecule has 0 aliphatic carbocycles. The highest BCUT2D eigenvalue weighted by Crippen LogP contribution is 2.37. The second kappa shape index (κ2) is 8.96.